The molecule has 0 unspecified atom stereocenters. The lowest BCUT2D eigenvalue weighted by Gasteiger charge is -2.23. The van der Waals surface area contributed by atoms with E-state index in [0.717, 1.165) is 40.2 Å². The molecule has 0 saturated carbocycles. The zero-order chi connectivity index (χ0) is 29.8. The molecule has 1 aliphatic heterocycles. The van der Waals surface area contributed by atoms with Gasteiger partial charge < -0.3 is 24.9 Å². The molecule has 9 nitrogen and oxygen atoms in total. The molecule has 3 aromatic rings. The minimum absolute atomic E-state index is 0.0222. The van der Waals surface area contributed by atoms with Crippen LogP contribution in [0.3, 0.4) is 0 Å². The molecular formula is C31H39ClN6O3. The zero-order valence-corrected chi connectivity index (χ0v) is 25.6. The highest BCUT2D eigenvalue weighted by Gasteiger charge is 2.28. The van der Waals surface area contributed by atoms with Crippen molar-refractivity contribution in [2.45, 2.75) is 86.6 Å². The van der Waals surface area contributed by atoms with Crippen molar-refractivity contribution in [2.75, 3.05) is 11.5 Å². The fourth-order valence-electron chi connectivity index (χ4n) is 4.89. The number of aliphatic hydroxyl groups excluding tert-OH is 1. The molecule has 0 spiro atoms. The molecule has 10 heteroatoms. The molecule has 1 aliphatic rings. The molecule has 2 N–H and O–H groups in total. The first-order valence-electron chi connectivity index (χ1n) is 14.0. The number of allylic oxidation sites excluding steroid dienone is 2. The number of anilines is 1. The number of hydrogen-bond acceptors (Lipinski definition) is 9. The SMILES string of the molecule is CCC[C@@H](O)COc1ccc(Cl)c(-c2nc(C(C(C)=N)=C(C)C)c(C)c(N3Cc4cnc(OC(C)C)nc4C3)n2)c1. The topological polar surface area (TPSA) is 117 Å². The predicted octanol–water partition coefficient (Wildman–Crippen LogP) is 6.58. The van der Waals surface area contributed by atoms with E-state index in [0.29, 0.717) is 59.1 Å². The summed E-state index contributed by atoms with van der Waals surface area (Å²) in [6.07, 6.45) is 2.78. The molecule has 4 rings (SSSR count). The predicted molar refractivity (Wildman–Crippen MR) is 163 cm³/mol. The molecule has 41 heavy (non-hydrogen) atoms. The third-order valence-corrected chi connectivity index (χ3v) is 7.08. The first-order chi connectivity index (χ1) is 19.5. The lowest BCUT2D eigenvalue weighted by atomic mass is 9.98. The quantitative estimate of drug-likeness (QED) is 0.245. The first-order valence-corrected chi connectivity index (χ1v) is 14.3. The van der Waals surface area contributed by atoms with Gasteiger partial charge in [0, 0.05) is 40.7 Å². The van der Waals surface area contributed by atoms with Gasteiger partial charge in [-0.25, -0.2) is 15.0 Å². The van der Waals surface area contributed by atoms with E-state index in [2.05, 4.69) is 14.9 Å². The van der Waals surface area contributed by atoms with Gasteiger partial charge in [0.1, 0.15) is 18.2 Å². The number of benzene rings is 1. The fraction of sp³-hybridized carbons (Fsp3) is 0.452. The van der Waals surface area contributed by atoms with Crippen LogP contribution < -0.4 is 14.4 Å². The van der Waals surface area contributed by atoms with Crippen LogP contribution in [0.2, 0.25) is 5.02 Å². The van der Waals surface area contributed by atoms with Crippen LogP contribution in [-0.4, -0.2) is 49.6 Å². The van der Waals surface area contributed by atoms with Crippen molar-refractivity contribution in [3.63, 3.8) is 0 Å². The van der Waals surface area contributed by atoms with E-state index >= 15 is 0 Å². The average molecular weight is 579 g/mol. The van der Waals surface area contributed by atoms with E-state index in [1.165, 1.54) is 0 Å². The summed E-state index contributed by atoms with van der Waals surface area (Å²) in [5, 5.41) is 19.2. The molecule has 1 atom stereocenters. The smallest absolute Gasteiger partial charge is 0.316 e. The van der Waals surface area contributed by atoms with Crippen molar-refractivity contribution in [3.8, 4) is 23.1 Å². The number of nitrogens with zero attached hydrogens (tertiary/aromatic N) is 5. The van der Waals surface area contributed by atoms with Crippen molar-refractivity contribution >= 4 is 28.7 Å². The van der Waals surface area contributed by atoms with Crippen LogP contribution in [0, 0.1) is 12.3 Å². The molecule has 0 aliphatic carbocycles. The number of aliphatic hydroxyl groups is 1. The van der Waals surface area contributed by atoms with Gasteiger partial charge in [-0.3, -0.25) is 0 Å². The minimum Gasteiger partial charge on any atom is -0.491 e. The van der Waals surface area contributed by atoms with Crippen molar-refractivity contribution in [1.29, 1.82) is 5.41 Å². The maximum absolute atomic E-state index is 10.2. The number of rotatable bonds is 11. The van der Waals surface area contributed by atoms with Crippen LogP contribution in [0.25, 0.3) is 17.0 Å². The van der Waals surface area contributed by atoms with Gasteiger partial charge in [-0.05, 0) is 66.2 Å². The number of halogens is 1. The Balaban J connectivity index is 1.80. The summed E-state index contributed by atoms with van der Waals surface area (Å²) < 4.78 is 11.6. The van der Waals surface area contributed by atoms with E-state index in [9.17, 15) is 5.11 Å². The maximum atomic E-state index is 10.2. The van der Waals surface area contributed by atoms with Crippen LogP contribution in [0.15, 0.2) is 30.0 Å². The van der Waals surface area contributed by atoms with Crippen LogP contribution in [0.5, 0.6) is 11.8 Å². The van der Waals surface area contributed by atoms with E-state index in [1.807, 2.05) is 47.7 Å². The third kappa shape index (κ3) is 7.02. The summed E-state index contributed by atoms with van der Waals surface area (Å²) in [4.78, 5) is 21.2. The molecule has 1 aromatic carbocycles. The number of aromatic nitrogens is 4. The monoisotopic (exact) mass is 578 g/mol. The third-order valence-electron chi connectivity index (χ3n) is 6.75. The summed E-state index contributed by atoms with van der Waals surface area (Å²) in [5.74, 6) is 1.73. The van der Waals surface area contributed by atoms with Gasteiger partial charge in [-0.15, -0.1) is 0 Å². The van der Waals surface area contributed by atoms with Crippen LogP contribution in [0.1, 0.15) is 76.9 Å². The molecule has 0 saturated heterocycles. The molecule has 3 heterocycles. The van der Waals surface area contributed by atoms with Gasteiger partial charge in [0.25, 0.3) is 0 Å². The minimum atomic E-state index is -0.546. The van der Waals surface area contributed by atoms with Gasteiger partial charge in [-0.1, -0.05) is 30.5 Å². The number of fused-ring (bicyclic) bond motifs is 1. The molecular weight excluding hydrogens is 540 g/mol. The van der Waals surface area contributed by atoms with Crippen LogP contribution in [0.4, 0.5) is 5.82 Å². The van der Waals surface area contributed by atoms with Crippen molar-refractivity contribution < 1.29 is 14.6 Å². The maximum Gasteiger partial charge on any atom is 0.316 e. The van der Waals surface area contributed by atoms with Gasteiger partial charge in [0.15, 0.2) is 5.82 Å². The Labute approximate surface area is 247 Å². The normalized spacial score (nSPS) is 13.3. The van der Waals surface area contributed by atoms with E-state index < -0.39 is 6.10 Å². The number of ether oxygens (including phenoxy) is 2. The van der Waals surface area contributed by atoms with Crippen molar-refractivity contribution in [2.24, 2.45) is 0 Å². The zero-order valence-electron chi connectivity index (χ0n) is 24.9. The second-order valence-corrected chi connectivity index (χ2v) is 11.3. The van der Waals surface area contributed by atoms with Crippen LogP contribution in [-0.2, 0) is 13.1 Å². The standard InChI is InChI=1S/C31H39ClN6O3/c1-8-9-22(39)16-40-23-10-11-25(32)24(12-23)29-36-28(27(17(2)3)20(7)33)19(6)30(37-29)38-14-21-13-34-31(41-18(4)5)35-26(21)15-38/h10-13,18,22,33,39H,8-9,14-16H2,1-7H3/t22-/m1/s1. The van der Waals surface area contributed by atoms with Gasteiger partial charge in [0.2, 0.25) is 0 Å². The van der Waals surface area contributed by atoms with Gasteiger partial charge in [-0.2, -0.15) is 4.98 Å². The molecule has 0 amide bonds. The average Bonchev–Trinajstić information content (AvgIpc) is 3.32. The van der Waals surface area contributed by atoms with E-state index in [1.54, 1.807) is 25.1 Å². The summed E-state index contributed by atoms with van der Waals surface area (Å²) in [6.45, 7) is 14.9. The Kier molecular flexibility index (Phi) is 9.60. The second-order valence-electron chi connectivity index (χ2n) is 10.9. The van der Waals surface area contributed by atoms with Crippen molar-refractivity contribution in [1.82, 2.24) is 19.9 Å². The highest BCUT2D eigenvalue weighted by Crippen LogP contribution is 2.37. The Morgan fingerprint density at radius 3 is 2.56 bits per heavy atom. The number of hydrogen-bond donors (Lipinski definition) is 2. The van der Waals surface area contributed by atoms with Gasteiger partial charge >= 0.3 is 6.01 Å². The van der Waals surface area contributed by atoms with Gasteiger partial charge in [0.05, 0.1) is 35.2 Å². The highest BCUT2D eigenvalue weighted by atomic mass is 35.5. The lowest BCUT2D eigenvalue weighted by molar-refractivity contribution is 0.0994. The first kappa shape index (κ1) is 30.4. The number of nitrogens with one attached hydrogen (secondary N) is 1. The second kappa shape index (κ2) is 13.0. The summed E-state index contributed by atoms with van der Waals surface area (Å²) in [7, 11) is 0. The molecule has 0 fully saturated rings. The van der Waals surface area contributed by atoms with E-state index in [-0.39, 0.29) is 12.7 Å². The van der Waals surface area contributed by atoms with E-state index in [4.69, 9.17) is 36.5 Å². The summed E-state index contributed by atoms with van der Waals surface area (Å²) >= 11 is 6.70. The summed E-state index contributed by atoms with van der Waals surface area (Å²) in [5.41, 5.74) is 6.22. The lowest BCUT2D eigenvalue weighted by Crippen LogP contribution is -2.20. The molecule has 0 bridgehead atoms. The Morgan fingerprint density at radius 2 is 1.90 bits per heavy atom. The largest absolute Gasteiger partial charge is 0.491 e. The fourth-order valence-corrected chi connectivity index (χ4v) is 5.09. The van der Waals surface area contributed by atoms with Crippen LogP contribution >= 0.6 is 11.6 Å². The molecule has 0 radical (unpaired) electrons. The summed E-state index contributed by atoms with van der Waals surface area (Å²) in [6, 6.07) is 5.69. The Hall–Kier alpha value is -3.56. The Morgan fingerprint density at radius 1 is 1.15 bits per heavy atom. The highest BCUT2D eigenvalue weighted by molar-refractivity contribution is 6.33. The molecule has 218 valence electrons. The van der Waals surface area contributed by atoms with Crippen molar-refractivity contribution in [3.05, 3.63) is 57.5 Å². The molecule has 2 aromatic heterocycles. The Bertz CT molecular complexity index is 1470.